The van der Waals surface area contributed by atoms with Crippen LogP contribution in [0, 0.1) is 29.1 Å². The summed E-state index contributed by atoms with van der Waals surface area (Å²) in [6.07, 6.45) is 6.25. The average molecular weight is 255 g/mol. The van der Waals surface area contributed by atoms with Crippen molar-refractivity contribution in [2.75, 3.05) is 0 Å². The van der Waals surface area contributed by atoms with Crippen LogP contribution in [0.2, 0.25) is 0 Å². The van der Waals surface area contributed by atoms with Crippen molar-refractivity contribution in [1.29, 1.82) is 5.26 Å². The molecule has 2 aliphatic carbocycles. The van der Waals surface area contributed by atoms with Gasteiger partial charge in [-0.25, -0.2) is 0 Å². The van der Waals surface area contributed by atoms with Gasteiger partial charge in [-0.2, -0.15) is 5.26 Å². The van der Waals surface area contributed by atoms with E-state index in [1.54, 1.807) is 6.07 Å². The molecule has 0 aliphatic heterocycles. The maximum absolute atomic E-state index is 10.8. The molecule has 2 bridgehead atoms. The summed E-state index contributed by atoms with van der Waals surface area (Å²) < 4.78 is 0. The lowest BCUT2D eigenvalue weighted by Crippen LogP contribution is -2.27. The van der Waals surface area contributed by atoms with Crippen LogP contribution >= 0.6 is 0 Å². The van der Waals surface area contributed by atoms with E-state index in [1.807, 2.05) is 25.1 Å². The largest absolute Gasteiger partial charge is 0.385 e. The molecular formula is C17H21NO. The minimum Gasteiger partial charge on any atom is -0.385 e. The first-order valence-corrected chi connectivity index (χ1v) is 7.31. The van der Waals surface area contributed by atoms with E-state index >= 15 is 0 Å². The number of benzene rings is 1. The lowest BCUT2D eigenvalue weighted by Gasteiger charge is -2.31. The van der Waals surface area contributed by atoms with Crippen molar-refractivity contribution >= 4 is 0 Å². The third kappa shape index (κ3) is 2.40. The van der Waals surface area contributed by atoms with E-state index < -0.39 is 5.60 Å². The molecule has 0 radical (unpaired) electrons. The van der Waals surface area contributed by atoms with Gasteiger partial charge in [-0.1, -0.05) is 18.6 Å². The predicted molar refractivity (Wildman–Crippen MR) is 74.3 cm³/mol. The second kappa shape index (κ2) is 4.65. The zero-order valence-electron chi connectivity index (χ0n) is 11.5. The van der Waals surface area contributed by atoms with Crippen molar-refractivity contribution in [3.8, 4) is 6.07 Å². The fourth-order valence-electron chi connectivity index (χ4n) is 4.18. The number of nitrogens with zero attached hydrogens (tertiary/aromatic N) is 1. The number of nitriles is 1. The predicted octanol–water partition coefficient (Wildman–Crippen LogP) is 3.59. The molecule has 0 spiro atoms. The van der Waals surface area contributed by atoms with Crippen LogP contribution < -0.4 is 0 Å². The molecule has 4 atom stereocenters. The fraction of sp³-hybridized carbons (Fsp3) is 0.588. The molecule has 0 amide bonds. The van der Waals surface area contributed by atoms with Gasteiger partial charge in [-0.05, 0) is 68.1 Å². The SMILES string of the molecule is CC(O)(CC1CC2CCC1C2)c1cccc(C#N)c1. The number of hydrogen-bond acceptors (Lipinski definition) is 2. The van der Waals surface area contributed by atoms with Gasteiger partial charge < -0.3 is 5.11 Å². The van der Waals surface area contributed by atoms with Gasteiger partial charge >= 0.3 is 0 Å². The van der Waals surface area contributed by atoms with Crippen LogP contribution in [0.4, 0.5) is 0 Å². The minimum atomic E-state index is -0.804. The number of hydrogen-bond donors (Lipinski definition) is 1. The highest BCUT2D eigenvalue weighted by Gasteiger charge is 2.42. The Kier molecular flexibility index (Phi) is 3.11. The summed E-state index contributed by atoms with van der Waals surface area (Å²) in [7, 11) is 0. The molecular weight excluding hydrogens is 234 g/mol. The molecule has 2 saturated carbocycles. The topological polar surface area (TPSA) is 44.0 Å². The highest BCUT2D eigenvalue weighted by atomic mass is 16.3. The normalized spacial score (nSPS) is 31.9. The van der Waals surface area contributed by atoms with E-state index in [2.05, 4.69) is 6.07 Å². The van der Waals surface area contributed by atoms with Crippen LogP contribution in [0.15, 0.2) is 24.3 Å². The van der Waals surface area contributed by atoms with Crippen LogP contribution in [0.25, 0.3) is 0 Å². The van der Waals surface area contributed by atoms with E-state index in [4.69, 9.17) is 5.26 Å². The monoisotopic (exact) mass is 255 g/mol. The summed E-state index contributed by atoms with van der Waals surface area (Å²) in [5.74, 6) is 2.41. The molecule has 2 heteroatoms. The third-order valence-corrected chi connectivity index (χ3v) is 5.16. The van der Waals surface area contributed by atoms with Gasteiger partial charge in [0.25, 0.3) is 0 Å². The fourth-order valence-corrected chi connectivity index (χ4v) is 4.18. The summed E-state index contributed by atoms with van der Waals surface area (Å²) in [6.45, 7) is 1.90. The number of rotatable bonds is 3. The van der Waals surface area contributed by atoms with Crippen LogP contribution in [0.5, 0.6) is 0 Å². The Bertz CT molecular complexity index is 514. The Morgan fingerprint density at radius 1 is 1.37 bits per heavy atom. The van der Waals surface area contributed by atoms with E-state index in [1.165, 1.54) is 25.7 Å². The molecule has 4 unspecified atom stereocenters. The van der Waals surface area contributed by atoms with Crippen molar-refractivity contribution in [2.45, 2.75) is 44.6 Å². The van der Waals surface area contributed by atoms with Gasteiger partial charge in [0.2, 0.25) is 0 Å². The lowest BCUT2D eigenvalue weighted by atomic mass is 9.78. The Morgan fingerprint density at radius 3 is 2.84 bits per heavy atom. The van der Waals surface area contributed by atoms with Gasteiger partial charge in [0.15, 0.2) is 0 Å². The van der Waals surface area contributed by atoms with E-state index in [0.717, 1.165) is 23.8 Å². The van der Waals surface area contributed by atoms with Crippen LogP contribution in [0.1, 0.15) is 50.2 Å². The molecule has 2 fully saturated rings. The second-order valence-corrected chi connectivity index (χ2v) is 6.61. The van der Waals surface area contributed by atoms with Gasteiger partial charge in [0.05, 0.1) is 17.2 Å². The summed E-state index contributed by atoms with van der Waals surface area (Å²) >= 11 is 0. The Morgan fingerprint density at radius 2 is 2.21 bits per heavy atom. The zero-order valence-corrected chi connectivity index (χ0v) is 11.5. The maximum atomic E-state index is 10.8. The first kappa shape index (κ1) is 12.7. The van der Waals surface area contributed by atoms with Crippen molar-refractivity contribution < 1.29 is 5.11 Å². The molecule has 100 valence electrons. The minimum absolute atomic E-state index is 0.630. The molecule has 1 aromatic rings. The molecule has 2 nitrogen and oxygen atoms in total. The number of fused-ring (bicyclic) bond motifs is 2. The first-order valence-electron chi connectivity index (χ1n) is 7.31. The average Bonchev–Trinajstić information content (AvgIpc) is 3.00. The molecule has 3 rings (SSSR count). The Labute approximate surface area is 115 Å². The molecule has 0 aromatic heterocycles. The van der Waals surface area contributed by atoms with E-state index in [9.17, 15) is 5.11 Å². The van der Waals surface area contributed by atoms with Gasteiger partial charge in [0, 0.05) is 0 Å². The number of aliphatic hydroxyl groups is 1. The standard InChI is InChI=1S/C17H21NO/c1-17(19,16-4-2-3-13(9-16)11-18)10-15-8-12-5-6-14(15)7-12/h2-4,9,12,14-15,19H,5-8,10H2,1H3. The van der Waals surface area contributed by atoms with Crippen LogP contribution in [0.3, 0.4) is 0 Å². The summed E-state index contributed by atoms with van der Waals surface area (Å²) in [4.78, 5) is 0. The Balaban J connectivity index is 1.76. The first-order chi connectivity index (χ1) is 9.08. The molecule has 2 aliphatic rings. The van der Waals surface area contributed by atoms with Crippen LogP contribution in [-0.2, 0) is 5.60 Å². The lowest BCUT2D eigenvalue weighted by molar-refractivity contribution is 0.0204. The molecule has 0 heterocycles. The maximum Gasteiger partial charge on any atom is 0.0991 e. The van der Waals surface area contributed by atoms with E-state index in [0.29, 0.717) is 11.5 Å². The molecule has 1 aromatic carbocycles. The van der Waals surface area contributed by atoms with Crippen molar-refractivity contribution in [3.05, 3.63) is 35.4 Å². The zero-order chi connectivity index (χ0) is 13.5. The molecule has 1 N–H and O–H groups in total. The quantitative estimate of drug-likeness (QED) is 0.897. The second-order valence-electron chi connectivity index (χ2n) is 6.61. The highest BCUT2D eigenvalue weighted by molar-refractivity contribution is 5.35. The van der Waals surface area contributed by atoms with Crippen molar-refractivity contribution in [1.82, 2.24) is 0 Å². The van der Waals surface area contributed by atoms with Crippen LogP contribution in [-0.4, -0.2) is 5.11 Å². The van der Waals surface area contributed by atoms with Crippen molar-refractivity contribution in [2.24, 2.45) is 17.8 Å². The Hall–Kier alpha value is -1.33. The summed E-state index contributed by atoms with van der Waals surface area (Å²) in [5.41, 5.74) is 0.710. The third-order valence-electron chi connectivity index (χ3n) is 5.16. The van der Waals surface area contributed by atoms with E-state index in [-0.39, 0.29) is 0 Å². The highest BCUT2D eigenvalue weighted by Crippen LogP contribution is 2.51. The molecule has 0 saturated heterocycles. The summed E-state index contributed by atoms with van der Waals surface area (Å²) in [5, 5.41) is 19.8. The van der Waals surface area contributed by atoms with Gasteiger partial charge in [0.1, 0.15) is 0 Å². The van der Waals surface area contributed by atoms with Gasteiger partial charge in [-0.15, -0.1) is 0 Å². The van der Waals surface area contributed by atoms with Gasteiger partial charge in [-0.3, -0.25) is 0 Å². The molecule has 19 heavy (non-hydrogen) atoms. The van der Waals surface area contributed by atoms with Crippen molar-refractivity contribution in [3.63, 3.8) is 0 Å². The summed E-state index contributed by atoms with van der Waals surface area (Å²) in [6, 6.07) is 9.57. The smallest absolute Gasteiger partial charge is 0.0991 e.